The molecule has 1 atom stereocenters. The number of carbonyl (C=O) groups is 3. The van der Waals surface area contributed by atoms with E-state index in [4.69, 9.17) is 9.84 Å². The Labute approximate surface area is 181 Å². The van der Waals surface area contributed by atoms with Gasteiger partial charge in [-0.3, -0.25) is 4.79 Å². The molecule has 0 spiro atoms. The molecule has 0 bridgehead atoms. The maximum absolute atomic E-state index is 12.4. The van der Waals surface area contributed by atoms with E-state index in [9.17, 15) is 14.4 Å². The molecule has 0 aromatic heterocycles. The first-order valence-electron chi connectivity index (χ1n) is 10.3. The minimum absolute atomic E-state index is 0.0576. The van der Waals surface area contributed by atoms with E-state index >= 15 is 0 Å². The zero-order valence-corrected chi connectivity index (χ0v) is 17.3. The third kappa shape index (κ3) is 5.51. The Bertz CT molecular complexity index is 940. The Kier molecular flexibility index (Phi) is 7.43. The number of alkyl carbamates (subject to hydrolysis) is 1. The second-order valence-corrected chi connectivity index (χ2v) is 7.30. The van der Waals surface area contributed by atoms with Crippen molar-refractivity contribution in [3.05, 3.63) is 71.8 Å². The third-order valence-electron chi connectivity index (χ3n) is 5.18. The second kappa shape index (κ2) is 10.4. The van der Waals surface area contributed by atoms with Gasteiger partial charge in [0.05, 0.1) is 0 Å². The van der Waals surface area contributed by atoms with Gasteiger partial charge in [0.25, 0.3) is 0 Å². The normalized spacial score (nSPS) is 13.3. The van der Waals surface area contributed by atoms with Crippen molar-refractivity contribution in [2.45, 2.75) is 31.7 Å². The molecule has 2 aromatic carbocycles. The van der Waals surface area contributed by atoms with Crippen molar-refractivity contribution in [3.8, 4) is 11.1 Å². The Morgan fingerprint density at radius 3 is 2.26 bits per heavy atom. The highest BCUT2D eigenvalue weighted by molar-refractivity contribution is 5.86. The van der Waals surface area contributed by atoms with Crippen LogP contribution in [0.2, 0.25) is 0 Å². The number of ether oxygens (including phenoxy) is 1. The van der Waals surface area contributed by atoms with E-state index in [1.165, 1.54) is 6.08 Å². The maximum atomic E-state index is 12.4. The number of fused-ring (bicyclic) bond motifs is 3. The van der Waals surface area contributed by atoms with Gasteiger partial charge >= 0.3 is 12.1 Å². The summed E-state index contributed by atoms with van der Waals surface area (Å²) in [7, 11) is 0. The number of aliphatic carboxylic acids is 1. The Hall–Kier alpha value is -3.61. The number of carboxylic acid groups (broad SMARTS) is 1. The Balaban J connectivity index is 1.59. The van der Waals surface area contributed by atoms with Crippen LogP contribution in [0.25, 0.3) is 11.1 Å². The molecule has 0 unspecified atom stereocenters. The average molecular weight is 422 g/mol. The van der Waals surface area contributed by atoms with Crippen molar-refractivity contribution in [2.24, 2.45) is 0 Å². The zero-order valence-electron chi connectivity index (χ0n) is 17.3. The van der Waals surface area contributed by atoms with Gasteiger partial charge in [-0.15, -0.1) is 0 Å². The number of amides is 2. The first-order chi connectivity index (χ1) is 15.0. The highest BCUT2D eigenvalue weighted by atomic mass is 16.5. The fraction of sp³-hybridized carbons (Fsp3) is 0.292. The lowest BCUT2D eigenvalue weighted by atomic mass is 9.98. The van der Waals surface area contributed by atoms with Crippen LogP contribution in [0.1, 0.15) is 36.8 Å². The van der Waals surface area contributed by atoms with Gasteiger partial charge < -0.3 is 20.5 Å². The SMILES string of the molecule is CCC[C@@H](NC(=O)OCC1c2ccccc2-c2ccccc21)C(=O)NC/C=C/C(=O)O. The summed E-state index contributed by atoms with van der Waals surface area (Å²) in [4.78, 5) is 35.3. The molecule has 31 heavy (non-hydrogen) atoms. The van der Waals surface area contributed by atoms with Crippen LogP contribution in [0.3, 0.4) is 0 Å². The summed E-state index contributed by atoms with van der Waals surface area (Å²) < 4.78 is 5.50. The molecule has 162 valence electrons. The molecule has 7 heteroatoms. The topological polar surface area (TPSA) is 105 Å². The molecule has 1 aliphatic rings. The summed E-state index contributed by atoms with van der Waals surface area (Å²) in [6, 6.07) is 15.4. The van der Waals surface area contributed by atoms with E-state index < -0.39 is 18.1 Å². The molecule has 7 nitrogen and oxygen atoms in total. The lowest BCUT2D eigenvalue weighted by Crippen LogP contribution is -2.47. The van der Waals surface area contributed by atoms with Gasteiger partial charge in [0.1, 0.15) is 12.6 Å². The fourth-order valence-electron chi connectivity index (χ4n) is 3.78. The number of hydrogen-bond donors (Lipinski definition) is 3. The van der Waals surface area contributed by atoms with Crippen molar-refractivity contribution in [3.63, 3.8) is 0 Å². The van der Waals surface area contributed by atoms with Crippen LogP contribution in [-0.4, -0.2) is 42.3 Å². The molecule has 2 aromatic rings. The Morgan fingerprint density at radius 1 is 1.06 bits per heavy atom. The van der Waals surface area contributed by atoms with Crippen molar-refractivity contribution >= 4 is 18.0 Å². The number of benzene rings is 2. The van der Waals surface area contributed by atoms with E-state index in [1.807, 2.05) is 43.3 Å². The molecule has 0 saturated heterocycles. The molecule has 2 amide bonds. The quantitative estimate of drug-likeness (QED) is 0.537. The third-order valence-corrected chi connectivity index (χ3v) is 5.18. The minimum atomic E-state index is -1.09. The van der Waals surface area contributed by atoms with Crippen molar-refractivity contribution in [1.29, 1.82) is 0 Å². The molecule has 0 radical (unpaired) electrons. The zero-order chi connectivity index (χ0) is 22.2. The van der Waals surface area contributed by atoms with Crippen LogP contribution in [0.15, 0.2) is 60.7 Å². The second-order valence-electron chi connectivity index (χ2n) is 7.30. The molecule has 0 aliphatic heterocycles. The molecule has 3 N–H and O–H groups in total. The summed E-state index contributed by atoms with van der Waals surface area (Å²) in [6.45, 7) is 2.14. The largest absolute Gasteiger partial charge is 0.478 e. The van der Waals surface area contributed by atoms with Gasteiger partial charge in [-0.2, -0.15) is 0 Å². The molecular formula is C24H26N2O5. The summed E-state index contributed by atoms with van der Waals surface area (Å²) in [5.74, 6) is -1.53. The van der Waals surface area contributed by atoms with Gasteiger partial charge in [-0.1, -0.05) is 68.0 Å². The first-order valence-corrected chi connectivity index (χ1v) is 10.3. The van der Waals surface area contributed by atoms with Gasteiger partial charge in [0, 0.05) is 18.5 Å². The number of hydrogen-bond acceptors (Lipinski definition) is 4. The van der Waals surface area contributed by atoms with Gasteiger partial charge in [0.2, 0.25) is 5.91 Å². The lowest BCUT2D eigenvalue weighted by molar-refractivity contribution is -0.131. The molecule has 3 rings (SSSR count). The minimum Gasteiger partial charge on any atom is -0.478 e. The predicted octanol–water partition coefficient (Wildman–Crippen LogP) is 3.45. The number of carboxylic acids is 1. The van der Waals surface area contributed by atoms with E-state index in [2.05, 4.69) is 22.8 Å². The van der Waals surface area contributed by atoms with E-state index in [0.717, 1.165) is 28.3 Å². The monoisotopic (exact) mass is 422 g/mol. The highest BCUT2D eigenvalue weighted by Gasteiger charge is 2.29. The maximum Gasteiger partial charge on any atom is 0.407 e. The molecular weight excluding hydrogens is 396 g/mol. The lowest BCUT2D eigenvalue weighted by Gasteiger charge is -2.19. The van der Waals surface area contributed by atoms with Crippen molar-refractivity contribution in [1.82, 2.24) is 10.6 Å². The van der Waals surface area contributed by atoms with Gasteiger partial charge in [-0.05, 0) is 28.7 Å². The smallest absolute Gasteiger partial charge is 0.407 e. The molecule has 0 saturated carbocycles. The van der Waals surface area contributed by atoms with Gasteiger partial charge in [-0.25, -0.2) is 9.59 Å². The predicted molar refractivity (Wildman–Crippen MR) is 117 cm³/mol. The molecule has 1 aliphatic carbocycles. The summed E-state index contributed by atoms with van der Waals surface area (Å²) in [5, 5.41) is 13.8. The van der Waals surface area contributed by atoms with Crippen LogP contribution < -0.4 is 10.6 Å². The van der Waals surface area contributed by atoms with Crippen LogP contribution >= 0.6 is 0 Å². The van der Waals surface area contributed by atoms with Crippen LogP contribution in [-0.2, 0) is 14.3 Å². The fourth-order valence-corrected chi connectivity index (χ4v) is 3.78. The first kappa shape index (κ1) is 22.1. The number of carbonyl (C=O) groups excluding carboxylic acids is 2. The van der Waals surface area contributed by atoms with E-state index in [1.54, 1.807) is 0 Å². The average Bonchev–Trinajstić information content (AvgIpc) is 3.08. The number of rotatable bonds is 9. The summed E-state index contributed by atoms with van der Waals surface area (Å²) >= 11 is 0. The number of nitrogens with one attached hydrogen (secondary N) is 2. The standard InChI is InChI=1S/C24H26N2O5/c1-2-8-21(23(29)25-14-7-13-22(27)28)26-24(30)31-15-20-18-11-5-3-9-16(18)17-10-4-6-12-19(17)20/h3-7,9-13,20-21H,2,8,14-15H2,1H3,(H,25,29)(H,26,30)(H,27,28)/b13-7+/t21-/m1/s1. The summed E-state index contributed by atoms with van der Waals surface area (Å²) in [5.41, 5.74) is 4.52. The van der Waals surface area contributed by atoms with Crippen molar-refractivity contribution < 1.29 is 24.2 Å². The van der Waals surface area contributed by atoms with Crippen LogP contribution in [0.5, 0.6) is 0 Å². The van der Waals surface area contributed by atoms with E-state index in [-0.39, 0.29) is 25.0 Å². The van der Waals surface area contributed by atoms with Gasteiger partial charge in [0.15, 0.2) is 0 Å². The van der Waals surface area contributed by atoms with Crippen LogP contribution in [0, 0.1) is 0 Å². The molecule has 0 heterocycles. The summed E-state index contributed by atoms with van der Waals surface area (Å²) in [6.07, 6.45) is 2.76. The van der Waals surface area contributed by atoms with Crippen LogP contribution in [0.4, 0.5) is 4.79 Å². The van der Waals surface area contributed by atoms with E-state index in [0.29, 0.717) is 12.8 Å². The molecule has 0 fully saturated rings. The van der Waals surface area contributed by atoms with Crippen molar-refractivity contribution in [2.75, 3.05) is 13.2 Å². The Morgan fingerprint density at radius 2 is 1.68 bits per heavy atom. The highest BCUT2D eigenvalue weighted by Crippen LogP contribution is 2.44.